The summed E-state index contributed by atoms with van der Waals surface area (Å²) in [6.07, 6.45) is 3.34. The van der Waals surface area contributed by atoms with Crippen molar-refractivity contribution in [3.8, 4) is 5.75 Å². The van der Waals surface area contributed by atoms with E-state index >= 15 is 0 Å². The van der Waals surface area contributed by atoms with Crippen LogP contribution in [0.2, 0.25) is 0 Å². The molecular formula is C15H22FNO2. The van der Waals surface area contributed by atoms with Gasteiger partial charge in [0, 0.05) is 20.2 Å². The van der Waals surface area contributed by atoms with Gasteiger partial charge in [0.1, 0.15) is 0 Å². The standard InChI is InChI=1S/C15H22FNO2/c1-18-8-7-17-11-15(5-6-15)10-12-3-4-14(19-2)13(16)9-12/h3-4,9,17H,5-8,10-11H2,1-2H3. The van der Waals surface area contributed by atoms with Gasteiger partial charge >= 0.3 is 0 Å². The molecule has 0 aliphatic heterocycles. The van der Waals surface area contributed by atoms with E-state index in [4.69, 9.17) is 9.47 Å². The first-order chi connectivity index (χ1) is 9.19. The van der Waals surface area contributed by atoms with E-state index in [1.165, 1.54) is 20.0 Å². The Morgan fingerprint density at radius 2 is 2.11 bits per heavy atom. The Labute approximate surface area is 114 Å². The van der Waals surface area contributed by atoms with E-state index in [9.17, 15) is 4.39 Å². The van der Waals surface area contributed by atoms with Gasteiger partial charge in [-0.3, -0.25) is 0 Å². The van der Waals surface area contributed by atoms with E-state index in [1.807, 2.05) is 6.07 Å². The number of hydrogen-bond acceptors (Lipinski definition) is 3. The minimum atomic E-state index is -0.275. The number of nitrogens with one attached hydrogen (secondary N) is 1. The second-order valence-corrected chi connectivity index (χ2v) is 5.32. The molecule has 19 heavy (non-hydrogen) atoms. The van der Waals surface area contributed by atoms with Gasteiger partial charge in [0.25, 0.3) is 0 Å². The molecule has 1 aliphatic carbocycles. The normalized spacial score (nSPS) is 16.4. The van der Waals surface area contributed by atoms with Crippen LogP contribution in [0.15, 0.2) is 18.2 Å². The van der Waals surface area contributed by atoms with Crippen molar-refractivity contribution in [3.63, 3.8) is 0 Å². The third-order valence-electron chi connectivity index (χ3n) is 3.74. The van der Waals surface area contributed by atoms with Crippen LogP contribution in [0.25, 0.3) is 0 Å². The molecule has 0 radical (unpaired) electrons. The van der Waals surface area contributed by atoms with Gasteiger partial charge in [-0.15, -0.1) is 0 Å². The summed E-state index contributed by atoms with van der Waals surface area (Å²) < 4.78 is 23.6. The van der Waals surface area contributed by atoms with Gasteiger partial charge in [-0.1, -0.05) is 6.07 Å². The maximum atomic E-state index is 13.6. The molecule has 0 saturated heterocycles. The summed E-state index contributed by atoms with van der Waals surface area (Å²) in [5.41, 5.74) is 1.36. The molecule has 106 valence electrons. The molecule has 1 fully saturated rings. The van der Waals surface area contributed by atoms with Crippen LogP contribution >= 0.6 is 0 Å². The summed E-state index contributed by atoms with van der Waals surface area (Å²) in [6.45, 7) is 2.58. The van der Waals surface area contributed by atoms with E-state index in [0.717, 1.165) is 31.7 Å². The lowest BCUT2D eigenvalue weighted by Gasteiger charge is -2.16. The van der Waals surface area contributed by atoms with Gasteiger partial charge < -0.3 is 14.8 Å². The zero-order valence-electron chi connectivity index (χ0n) is 11.7. The van der Waals surface area contributed by atoms with E-state index in [2.05, 4.69) is 5.32 Å². The predicted molar refractivity (Wildman–Crippen MR) is 73.1 cm³/mol. The zero-order valence-corrected chi connectivity index (χ0v) is 11.7. The molecule has 1 aromatic carbocycles. The summed E-state index contributed by atoms with van der Waals surface area (Å²) in [7, 11) is 3.19. The smallest absolute Gasteiger partial charge is 0.165 e. The minimum Gasteiger partial charge on any atom is -0.494 e. The van der Waals surface area contributed by atoms with Crippen molar-refractivity contribution in [1.82, 2.24) is 5.32 Å². The second-order valence-electron chi connectivity index (χ2n) is 5.32. The SMILES string of the molecule is COCCNCC1(Cc2ccc(OC)c(F)c2)CC1. The summed E-state index contributed by atoms with van der Waals surface area (Å²) in [4.78, 5) is 0. The van der Waals surface area contributed by atoms with Gasteiger partial charge in [-0.2, -0.15) is 0 Å². The van der Waals surface area contributed by atoms with Crippen molar-refractivity contribution in [2.75, 3.05) is 33.9 Å². The fraction of sp³-hybridized carbons (Fsp3) is 0.600. The minimum absolute atomic E-state index is 0.275. The molecular weight excluding hydrogens is 245 g/mol. The lowest BCUT2D eigenvalue weighted by Crippen LogP contribution is -2.28. The monoisotopic (exact) mass is 267 g/mol. The van der Waals surface area contributed by atoms with Gasteiger partial charge in [0.15, 0.2) is 11.6 Å². The fourth-order valence-corrected chi connectivity index (χ4v) is 2.37. The van der Waals surface area contributed by atoms with E-state index in [1.54, 1.807) is 19.2 Å². The molecule has 0 spiro atoms. The molecule has 0 bridgehead atoms. The number of hydrogen-bond donors (Lipinski definition) is 1. The number of rotatable bonds is 8. The maximum Gasteiger partial charge on any atom is 0.165 e. The van der Waals surface area contributed by atoms with Crippen LogP contribution in [-0.4, -0.2) is 33.9 Å². The van der Waals surface area contributed by atoms with Crippen molar-refractivity contribution >= 4 is 0 Å². The Balaban J connectivity index is 1.88. The maximum absolute atomic E-state index is 13.6. The molecule has 4 heteroatoms. The van der Waals surface area contributed by atoms with Crippen molar-refractivity contribution in [3.05, 3.63) is 29.6 Å². The van der Waals surface area contributed by atoms with E-state index in [0.29, 0.717) is 11.2 Å². The lowest BCUT2D eigenvalue weighted by atomic mass is 9.96. The molecule has 1 aromatic rings. The molecule has 1 N–H and O–H groups in total. The molecule has 0 unspecified atom stereocenters. The molecule has 1 aliphatic rings. The van der Waals surface area contributed by atoms with Crippen LogP contribution in [0.3, 0.4) is 0 Å². The highest BCUT2D eigenvalue weighted by atomic mass is 19.1. The summed E-state index contributed by atoms with van der Waals surface area (Å²) in [5.74, 6) is 0.0370. The van der Waals surface area contributed by atoms with Gasteiger partial charge in [0.2, 0.25) is 0 Å². The Morgan fingerprint density at radius 3 is 2.68 bits per heavy atom. The quantitative estimate of drug-likeness (QED) is 0.734. The fourth-order valence-electron chi connectivity index (χ4n) is 2.37. The first-order valence-electron chi connectivity index (χ1n) is 6.71. The molecule has 2 rings (SSSR count). The number of halogens is 1. The van der Waals surface area contributed by atoms with E-state index in [-0.39, 0.29) is 5.82 Å². The van der Waals surface area contributed by atoms with Crippen LogP contribution < -0.4 is 10.1 Å². The van der Waals surface area contributed by atoms with Crippen LogP contribution in [0.5, 0.6) is 5.75 Å². The van der Waals surface area contributed by atoms with Crippen molar-refractivity contribution in [1.29, 1.82) is 0 Å². The Hall–Kier alpha value is -1.13. The average Bonchev–Trinajstić information content (AvgIpc) is 3.15. The van der Waals surface area contributed by atoms with E-state index < -0.39 is 0 Å². The van der Waals surface area contributed by atoms with Gasteiger partial charge in [-0.05, 0) is 42.4 Å². The molecule has 0 aromatic heterocycles. The van der Waals surface area contributed by atoms with Crippen molar-refractivity contribution in [2.24, 2.45) is 5.41 Å². The van der Waals surface area contributed by atoms with Crippen LogP contribution in [0.1, 0.15) is 18.4 Å². The highest BCUT2D eigenvalue weighted by Crippen LogP contribution is 2.48. The highest BCUT2D eigenvalue weighted by Gasteiger charge is 2.41. The highest BCUT2D eigenvalue weighted by molar-refractivity contribution is 5.30. The third-order valence-corrected chi connectivity index (χ3v) is 3.74. The molecule has 0 amide bonds. The lowest BCUT2D eigenvalue weighted by molar-refractivity contribution is 0.197. The van der Waals surface area contributed by atoms with Crippen LogP contribution in [-0.2, 0) is 11.2 Å². The Bertz CT molecular complexity index is 419. The van der Waals surface area contributed by atoms with Crippen LogP contribution in [0, 0.1) is 11.2 Å². The Morgan fingerprint density at radius 1 is 1.32 bits per heavy atom. The third kappa shape index (κ3) is 3.91. The first-order valence-corrected chi connectivity index (χ1v) is 6.71. The summed E-state index contributed by atoms with van der Waals surface area (Å²) in [6, 6.07) is 5.25. The number of methoxy groups -OCH3 is 2. The van der Waals surface area contributed by atoms with Crippen molar-refractivity contribution < 1.29 is 13.9 Å². The number of ether oxygens (including phenoxy) is 2. The summed E-state index contributed by atoms with van der Waals surface area (Å²) in [5, 5.41) is 3.40. The topological polar surface area (TPSA) is 30.5 Å². The molecule has 0 heterocycles. The predicted octanol–water partition coefficient (Wildman–Crippen LogP) is 2.39. The molecule has 0 atom stereocenters. The molecule has 3 nitrogen and oxygen atoms in total. The summed E-state index contributed by atoms with van der Waals surface area (Å²) >= 11 is 0. The molecule has 1 saturated carbocycles. The number of benzene rings is 1. The van der Waals surface area contributed by atoms with Gasteiger partial charge in [0.05, 0.1) is 13.7 Å². The second kappa shape index (κ2) is 6.35. The van der Waals surface area contributed by atoms with Gasteiger partial charge in [-0.25, -0.2) is 4.39 Å². The average molecular weight is 267 g/mol. The first kappa shape index (κ1) is 14.3. The Kier molecular flexibility index (Phi) is 4.77. The zero-order chi connectivity index (χ0) is 13.7. The van der Waals surface area contributed by atoms with Crippen LogP contribution in [0.4, 0.5) is 4.39 Å². The van der Waals surface area contributed by atoms with Crippen molar-refractivity contribution in [2.45, 2.75) is 19.3 Å². The largest absolute Gasteiger partial charge is 0.494 e.